The number of carbonyl (C=O) groups is 1. The minimum absolute atomic E-state index is 0.0579. The number of rotatable bonds is 8. The quantitative estimate of drug-likeness (QED) is 0.636. The molecule has 2 N–H and O–H groups in total. The van der Waals surface area contributed by atoms with Crippen molar-refractivity contribution in [3.8, 4) is 0 Å². The molecule has 0 aliphatic carbocycles. The van der Waals surface area contributed by atoms with Crippen molar-refractivity contribution < 1.29 is 18.3 Å². The molecule has 0 spiro atoms. The molecule has 10 heteroatoms. The lowest BCUT2D eigenvalue weighted by Gasteiger charge is -2.37. The van der Waals surface area contributed by atoms with Gasteiger partial charge in [0, 0.05) is 50.1 Å². The van der Waals surface area contributed by atoms with E-state index in [1.807, 2.05) is 20.8 Å². The second kappa shape index (κ2) is 9.90. The Bertz CT molecular complexity index is 993. The van der Waals surface area contributed by atoms with Gasteiger partial charge >= 0.3 is 0 Å². The molecule has 1 fully saturated rings. The van der Waals surface area contributed by atoms with E-state index in [-0.39, 0.29) is 29.3 Å². The Balaban J connectivity index is 1.69. The third-order valence-corrected chi connectivity index (χ3v) is 7.47. The van der Waals surface area contributed by atoms with Crippen LogP contribution in [-0.2, 0) is 10.0 Å². The average molecular weight is 450 g/mol. The van der Waals surface area contributed by atoms with E-state index in [2.05, 4.69) is 15.3 Å². The number of piperazine rings is 1. The first-order valence-corrected chi connectivity index (χ1v) is 12.0. The van der Waals surface area contributed by atoms with Crippen LogP contribution in [0, 0.1) is 0 Å². The number of aliphatic hydroxyl groups is 1. The Labute approximate surface area is 183 Å². The lowest BCUT2D eigenvalue weighted by Crippen LogP contribution is -2.52. The second-order valence-electron chi connectivity index (χ2n) is 7.94. The molecule has 3 rings (SSSR count). The summed E-state index contributed by atoms with van der Waals surface area (Å²) < 4.78 is 29.4. The highest BCUT2D eigenvalue weighted by molar-refractivity contribution is 7.89. The van der Waals surface area contributed by atoms with Gasteiger partial charge in [0.2, 0.25) is 10.0 Å². The first-order valence-electron chi connectivity index (χ1n) is 10.6. The predicted octanol–water partition coefficient (Wildman–Crippen LogP) is 1.79. The molecular formula is C21H31N5O4S. The molecule has 1 saturated heterocycles. The standard InChI is InChI=1S/C21H31N5O4S/c1-4-18(15-27)24-10-12-25(13-11-24)31(29,30)19-7-5-6-17(14-19)22-21(28)20-8-9-26(23-20)16(2)3/h5-9,14,16,18,27H,4,10-13,15H2,1-3H3,(H,22,28). The number of nitrogens with zero attached hydrogens (tertiary/aromatic N) is 4. The fraction of sp³-hybridized carbons (Fsp3) is 0.524. The third kappa shape index (κ3) is 5.32. The molecular weight excluding hydrogens is 418 g/mol. The van der Waals surface area contributed by atoms with Crippen LogP contribution in [0.3, 0.4) is 0 Å². The largest absolute Gasteiger partial charge is 0.395 e. The van der Waals surface area contributed by atoms with Gasteiger partial charge in [0.25, 0.3) is 5.91 Å². The van der Waals surface area contributed by atoms with Gasteiger partial charge in [-0.3, -0.25) is 14.4 Å². The maximum Gasteiger partial charge on any atom is 0.276 e. The van der Waals surface area contributed by atoms with Crippen molar-refractivity contribution in [1.29, 1.82) is 0 Å². The fourth-order valence-electron chi connectivity index (χ4n) is 3.64. The smallest absolute Gasteiger partial charge is 0.276 e. The third-order valence-electron chi connectivity index (χ3n) is 5.57. The molecule has 170 valence electrons. The molecule has 0 radical (unpaired) electrons. The summed E-state index contributed by atoms with van der Waals surface area (Å²) in [7, 11) is -3.68. The van der Waals surface area contributed by atoms with Crippen molar-refractivity contribution in [2.45, 2.75) is 44.2 Å². The molecule has 1 aliphatic heterocycles. The number of carbonyl (C=O) groups excluding carboxylic acids is 1. The SMILES string of the molecule is CCC(CO)N1CCN(S(=O)(=O)c2cccc(NC(=O)c3ccn(C(C)C)n3)c2)CC1. The van der Waals surface area contributed by atoms with Crippen LogP contribution < -0.4 is 5.32 Å². The van der Waals surface area contributed by atoms with Crippen LogP contribution in [0.15, 0.2) is 41.4 Å². The van der Waals surface area contributed by atoms with Gasteiger partial charge < -0.3 is 10.4 Å². The van der Waals surface area contributed by atoms with Gasteiger partial charge in [0.1, 0.15) is 0 Å². The molecule has 1 aliphatic rings. The molecule has 2 heterocycles. The van der Waals surface area contributed by atoms with E-state index >= 15 is 0 Å². The number of aromatic nitrogens is 2. The summed E-state index contributed by atoms with van der Waals surface area (Å²) in [5, 5.41) is 16.5. The summed E-state index contributed by atoms with van der Waals surface area (Å²) in [5.74, 6) is -0.392. The van der Waals surface area contributed by atoms with E-state index < -0.39 is 15.9 Å². The summed E-state index contributed by atoms with van der Waals surface area (Å²) in [4.78, 5) is 14.8. The molecule has 1 unspecified atom stereocenters. The number of anilines is 1. The number of hydrogen-bond donors (Lipinski definition) is 2. The Hall–Kier alpha value is -2.27. The Morgan fingerprint density at radius 2 is 1.90 bits per heavy atom. The number of nitrogens with one attached hydrogen (secondary N) is 1. The molecule has 1 atom stereocenters. The van der Waals surface area contributed by atoms with Crippen molar-refractivity contribution in [3.63, 3.8) is 0 Å². The van der Waals surface area contributed by atoms with Crippen LogP contribution in [0.5, 0.6) is 0 Å². The van der Waals surface area contributed by atoms with Crippen molar-refractivity contribution in [3.05, 3.63) is 42.2 Å². The molecule has 9 nitrogen and oxygen atoms in total. The van der Waals surface area contributed by atoms with Crippen LogP contribution >= 0.6 is 0 Å². The number of aliphatic hydroxyl groups excluding tert-OH is 1. The lowest BCUT2D eigenvalue weighted by atomic mass is 10.2. The zero-order chi connectivity index (χ0) is 22.6. The second-order valence-corrected chi connectivity index (χ2v) is 9.88. The minimum atomic E-state index is -3.68. The molecule has 1 aromatic carbocycles. The van der Waals surface area contributed by atoms with Crippen LogP contribution in [0.25, 0.3) is 0 Å². The number of benzene rings is 1. The zero-order valence-corrected chi connectivity index (χ0v) is 19.0. The summed E-state index contributed by atoms with van der Waals surface area (Å²) >= 11 is 0. The summed E-state index contributed by atoms with van der Waals surface area (Å²) in [5.41, 5.74) is 0.669. The normalized spacial score (nSPS) is 17.1. The molecule has 2 aromatic rings. The topological polar surface area (TPSA) is 108 Å². The number of amides is 1. The first kappa shape index (κ1) is 23.4. The summed E-state index contributed by atoms with van der Waals surface area (Å²) in [6.45, 7) is 7.89. The fourth-order valence-corrected chi connectivity index (χ4v) is 5.11. The molecule has 0 bridgehead atoms. The van der Waals surface area contributed by atoms with Crippen LogP contribution in [0.4, 0.5) is 5.69 Å². The molecule has 1 aromatic heterocycles. The van der Waals surface area contributed by atoms with E-state index in [1.54, 1.807) is 29.1 Å². The van der Waals surface area contributed by atoms with Crippen molar-refractivity contribution in [2.24, 2.45) is 0 Å². The Morgan fingerprint density at radius 1 is 1.19 bits per heavy atom. The van der Waals surface area contributed by atoms with Gasteiger partial charge in [-0.05, 0) is 44.5 Å². The highest BCUT2D eigenvalue weighted by Gasteiger charge is 2.30. The molecule has 31 heavy (non-hydrogen) atoms. The molecule has 1 amide bonds. The van der Waals surface area contributed by atoms with E-state index in [1.165, 1.54) is 16.4 Å². The van der Waals surface area contributed by atoms with Gasteiger partial charge in [-0.15, -0.1) is 0 Å². The van der Waals surface area contributed by atoms with Crippen LogP contribution in [0.1, 0.15) is 43.7 Å². The van der Waals surface area contributed by atoms with E-state index in [9.17, 15) is 18.3 Å². The van der Waals surface area contributed by atoms with Crippen LogP contribution in [0.2, 0.25) is 0 Å². The first-order chi connectivity index (χ1) is 14.8. The van der Waals surface area contributed by atoms with Gasteiger partial charge in [-0.2, -0.15) is 9.40 Å². The Morgan fingerprint density at radius 3 is 2.48 bits per heavy atom. The highest BCUT2D eigenvalue weighted by atomic mass is 32.2. The zero-order valence-electron chi connectivity index (χ0n) is 18.2. The minimum Gasteiger partial charge on any atom is -0.395 e. The number of hydrogen-bond acceptors (Lipinski definition) is 6. The average Bonchev–Trinajstić information content (AvgIpc) is 3.26. The van der Waals surface area contributed by atoms with Crippen molar-refractivity contribution in [2.75, 3.05) is 38.1 Å². The Kier molecular flexibility index (Phi) is 7.47. The van der Waals surface area contributed by atoms with Crippen LogP contribution in [-0.4, -0.2) is 77.2 Å². The van der Waals surface area contributed by atoms with E-state index in [0.29, 0.717) is 31.9 Å². The van der Waals surface area contributed by atoms with Crippen molar-refractivity contribution in [1.82, 2.24) is 19.0 Å². The number of sulfonamides is 1. The maximum atomic E-state index is 13.1. The van der Waals surface area contributed by atoms with Gasteiger partial charge in [0.15, 0.2) is 5.69 Å². The van der Waals surface area contributed by atoms with Gasteiger partial charge in [-0.1, -0.05) is 13.0 Å². The summed E-state index contributed by atoms with van der Waals surface area (Å²) in [6, 6.07) is 8.11. The maximum absolute atomic E-state index is 13.1. The van der Waals surface area contributed by atoms with E-state index in [0.717, 1.165) is 6.42 Å². The predicted molar refractivity (Wildman–Crippen MR) is 119 cm³/mol. The lowest BCUT2D eigenvalue weighted by molar-refractivity contribution is 0.0881. The highest BCUT2D eigenvalue weighted by Crippen LogP contribution is 2.22. The van der Waals surface area contributed by atoms with Gasteiger partial charge in [0.05, 0.1) is 11.5 Å². The van der Waals surface area contributed by atoms with Crippen molar-refractivity contribution >= 4 is 21.6 Å². The van der Waals surface area contributed by atoms with E-state index in [4.69, 9.17) is 0 Å². The summed E-state index contributed by atoms with van der Waals surface area (Å²) in [6.07, 6.45) is 2.56. The van der Waals surface area contributed by atoms with Gasteiger partial charge in [-0.25, -0.2) is 8.42 Å². The monoisotopic (exact) mass is 449 g/mol. The molecule has 0 saturated carbocycles.